The van der Waals surface area contributed by atoms with Crippen molar-refractivity contribution in [3.8, 4) is 0 Å². The summed E-state index contributed by atoms with van der Waals surface area (Å²) in [7, 11) is 0. The number of piperidine rings is 1. The maximum absolute atomic E-state index is 13.1. The molecule has 3 amide bonds. The molecule has 0 aromatic heterocycles. The van der Waals surface area contributed by atoms with Crippen LogP contribution in [0, 0.1) is 13.8 Å². The lowest BCUT2D eigenvalue weighted by Gasteiger charge is -2.33. The lowest BCUT2D eigenvalue weighted by atomic mass is 10.0. The monoisotopic (exact) mass is 451 g/mol. The molecule has 2 aliphatic heterocycles. The number of imide groups is 1. The number of carbonyl (C=O) groups excluding carboxylic acids is 3. The molecule has 4 rings (SSSR count). The summed E-state index contributed by atoms with van der Waals surface area (Å²) in [5.74, 6) is -1.12. The first-order chi connectivity index (χ1) is 15.3. The van der Waals surface area contributed by atoms with Crippen LogP contribution in [0.3, 0.4) is 0 Å². The normalized spacial score (nSPS) is 19.1. The predicted molar refractivity (Wildman–Crippen MR) is 126 cm³/mol. The van der Waals surface area contributed by atoms with Crippen molar-refractivity contribution in [2.24, 2.45) is 0 Å². The topological polar surface area (TPSA) is 69.7 Å². The number of nitrogens with zero attached hydrogens (tertiary/aromatic N) is 2. The van der Waals surface area contributed by atoms with Gasteiger partial charge in [-0.2, -0.15) is 0 Å². The maximum Gasteiger partial charge on any atom is 0.283 e. The van der Waals surface area contributed by atoms with Crippen molar-refractivity contribution in [2.75, 3.05) is 16.8 Å². The van der Waals surface area contributed by atoms with Crippen molar-refractivity contribution in [2.45, 2.75) is 46.1 Å². The summed E-state index contributed by atoms with van der Waals surface area (Å²) in [5, 5.41) is 2.81. The van der Waals surface area contributed by atoms with Crippen molar-refractivity contribution < 1.29 is 14.4 Å². The standard InChI is InChI=1S/C25H26ClN3O3/c1-15-10-11-16(2)20(13-15)29-24(31)21(26)22(25(29)32)27-19-9-6-8-18(14-19)23(30)28-12-5-4-7-17(28)3/h6,8-11,13-14,17,27H,4-5,7,12H2,1-3H3. The van der Waals surface area contributed by atoms with E-state index >= 15 is 0 Å². The molecule has 2 aliphatic rings. The number of nitrogens with one attached hydrogen (secondary N) is 1. The minimum absolute atomic E-state index is 0.00788. The molecule has 7 heteroatoms. The molecule has 0 aliphatic carbocycles. The first kappa shape index (κ1) is 22.1. The minimum atomic E-state index is -0.567. The molecular formula is C25H26ClN3O3. The maximum atomic E-state index is 13.1. The van der Waals surface area contributed by atoms with Gasteiger partial charge in [-0.25, -0.2) is 4.90 Å². The fraction of sp³-hybridized carbons (Fsp3) is 0.320. The van der Waals surface area contributed by atoms with Crippen molar-refractivity contribution >= 4 is 40.7 Å². The number of benzene rings is 2. The summed E-state index contributed by atoms with van der Waals surface area (Å²) in [6.07, 6.45) is 3.13. The first-order valence-electron chi connectivity index (χ1n) is 10.8. The van der Waals surface area contributed by atoms with Crippen LogP contribution in [0.1, 0.15) is 47.7 Å². The molecule has 1 atom stereocenters. The van der Waals surface area contributed by atoms with Crippen LogP contribution in [0.5, 0.6) is 0 Å². The second-order valence-corrected chi connectivity index (χ2v) is 8.85. The lowest BCUT2D eigenvalue weighted by molar-refractivity contribution is -0.120. The van der Waals surface area contributed by atoms with Crippen LogP contribution < -0.4 is 10.2 Å². The van der Waals surface area contributed by atoms with Crippen molar-refractivity contribution in [3.63, 3.8) is 0 Å². The Morgan fingerprint density at radius 3 is 2.59 bits per heavy atom. The van der Waals surface area contributed by atoms with Gasteiger partial charge in [-0.15, -0.1) is 0 Å². The number of carbonyl (C=O) groups is 3. The van der Waals surface area contributed by atoms with Crippen LogP contribution in [0.2, 0.25) is 0 Å². The fourth-order valence-electron chi connectivity index (χ4n) is 4.23. The van der Waals surface area contributed by atoms with E-state index < -0.39 is 11.8 Å². The van der Waals surface area contributed by atoms with Gasteiger partial charge in [-0.1, -0.05) is 29.8 Å². The van der Waals surface area contributed by atoms with Gasteiger partial charge in [0.05, 0.1) is 5.69 Å². The second-order valence-electron chi connectivity index (χ2n) is 8.47. The summed E-state index contributed by atoms with van der Waals surface area (Å²) >= 11 is 6.28. The third kappa shape index (κ3) is 4.02. The van der Waals surface area contributed by atoms with Crippen LogP contribution in [0.25, 0.3) is 0 Å². The zero-order valence-electron chi connectivity index (χ0n) is 18.4. The number of halogens is 1. The van der Waals surface area contributed by atoms with Gasteiger partial charge in [0.15, 0.2) is 0 Å². The highest BCUT2D eigenvalue weighted by Crippen LogP contribution is 2.32. The van der Waals surface area contributed by atoms with Crippen LogP contribution in [0.4, 0.5) is 11.4 Å². The Labute approximate surface area is 192 Å². The molecule has 1 N–H and O–H groups in total. The molecule has 32 heavy (non-hydrogen) atoms. The Hall–Kier alpha value is -3.12. The molecule has 0 saturated carbocycles. The molecule has 0 spiro atoms. The number of amides is 3. The molecular weight excluding hydrogens is 426 g/mol. The number of likely N-dealkylation sites (tertiary alicyclic amines) is 1. The van der Waals surface area contributed by atoms with Crippen molar-refractivity contribution in [3.05, 3.63) is 69.9 Å². The van der Waals surface area contributed by atoms with E-state index in [2.05, 4.69) is 12.2 Å². The van der Waals surface area contributed by atoms with Gasteiger partial charge in [-0.05, 0) is 75.4 Å². The van der Waals surface area contributed by atoms with E-state index in [-0.39, 0.29) is 22.7 Å². The third-order valence-electron chi connectivity index (χ3n) is 6.08. The third-order valence-corrected chi connectivity index (χ3v) is 6.43. The molecule has 0 bridgehead atoms. The average molecular weight is 452 g/mol. The van der Waals surface area contributed by atoms with Crippen LogP contribution in [0.15, 0.2) is 53.2 Å². The van der Waals surface area contributed by atoms with E-state index in [9.17, 15) is 14.4 Å². The van der Waals surface area contributed by atoms with E-state index in [0.717, 1.165) is 41.8 Å². The van der Waals surface area contributed by atoms with Crippen molar-refractivity contribution in [1.29, 1.82) is 0 Å². The van der Waals surface area contributed by atoms with Gasteiger partial charge in [0.2, 0.25) is 0 Å². The summed E-state index contributed by atoms with van der Waals surface area (Å²) in [5.41, 5.74) is 3.31. The van der Waals surface area contributed by atoms with E-state index in [1.54, 1.807) is 30.3 Å². The van der Waals surface area contributed by atoms with E-state index in [1.807, 2.05) is 30.9 Å². The molecule has 2 aromatic carbocycles. The Kier molecular flexibility index (Phi) is 6.07. The van der Waals surface area contributed by atoms with Gasteiger partial charge in [0.1, 0.15) is 10.7 Å². The van der Waals surface area contributed by atoms with Gasteiger partial charge >= 0.3 is 0 Å². The number of hydrogen-bond acceptors (Lipinski definition) is 4. The summed E-state index contributed by atoms with van der Waals surface area (Å²) in [4.78, 5) is 41.9. The molecule has 6 nitrogen and oxygen atoms in total. The van der Waals surface area contributed by atoms with Crippen LogP contribution in [-0.2, 0) is 9.59 Å². The first-order valence-corrected chi connectivity index (χ1v) is 11.2. The molecule has 1 unspecified atom stereocenters. The molecule has 2 aromatic rings. The van der Waals surface area contributed by atoms with E-state index in [0.29, 0.717) is 16.9 Å². The second kappa shape index (κ2) is 8.79. The highest BCUT2D eigenvalue weighted by atomic mass is 35.5. The van der Waals surface area contributed by atoms with Crippen LogP contribution in [-0.4, -0.2) is 35.2 Å². The predicted octanol–water partition coefficient (Wildman–Crippen LogP) is 4.75. The molecule has 2 heterocycles. The zero-order valence-corrected chi connectivity index (χ0v) is 19.2. The van der Waals surface area contributed by atoms with E-state index in [4.69, 9.17) is 11.6 Å². The Morgan fingerprint density at radius 1 is 1.06 bits per heavy atom. The van der Waals surface area contributed by atoms with Crippen LogP contribution >= 0.6 is 11.6 Å². The number of hydrogen-bond donors (Lipinski definition) is 1. The molecule has 0 radical (unpaired) electrons. The zero-order chi connectivity index (χ0) is 23.0. The summed E-state index contributed by atoms with van der Waals surface area (Å²) in [6, 6.07) is 12.7. The lowest BCUT2D eigenvalue weighted by Crippen LogP contribution is -2.42. The van der Waals surface area contributed by atoms with Gasteiger partial charge < -0.3 is 10.2 Å². The Balaban J connectivity index is 1.58. The van der Waals surface area contributed by atoms with Gasteiger partial charge in [-0.3, -0.25) is 14.4 Å². The van der Waals surface area contributed by atoms with E-state index in [1.165, 1.54) is 0 Å². The molecule has 166 valence electrons. The van der Waals surface area contributed by atoms with Crippen molar-refractivity contribution in [1.82, 2.24) is 4.90 Å². The summed E-state index contributed by atoms with van der Waals surface area (Å²) < 4.78 is 0. The number of aryl methyl sites for hydroxylation is 2. The quantitative estimate of drug-likeness (QED) is 0.681. The Morgan fingerprint density at radius 2 is 1.84 bits per heavy atom. The van der Waals surface area contributed by atoms with Gasteiger partial charge in [0.25, 0.3) is 17.7 Å². The summed E-state index contributed by atoms with van der Waals surface area (Å²) in [6.45, 7) is 6.54. The highest BCUT2D eigenvalue weighted by molar-refractivity contribution is 6.53. The molecule has 1 fully saturated rings. The number of anilines is 2. The largest absolute Gasteiger partial charge is 0.350 e. The number of rotatable bonds is 4. The minimum Gasteiger partial charge on any atom is -0.350 e. The Bertz CT molecular complexity index is 1140. The van der Waals surface area contributed by atoms with Gasteiger partial charge in [0, 0.05) is 23.8 Å². The molecule has 1 saturated heterocycles. The fourth-order valence-corrected chi connectivity index (χ4v) is 4.44. The smallest absolute Gasteiger partial charge is 0.283 e. The highest BCUT2D eigenvalue weighted by Gasteiger charge is 2.39. The SMILES string of the molecule is Cc1ccc(C)c(N2C(=O)C(Cl)=C(Nc3cccc(C(=O)N4CCCCC4C)c3)C2=O)c1. The average Bonchev–Trinajstić information content (AvgIpc) is 2.99.